The van der Waals surface area contributed by atoms with Crippen LogP contribution in [0.4, 0.5) is 0 Å². The number of ether oxygens (including phenoxy) is 1. The normalized spacial score (nSPS) is 19.3. The second-order valence-corrected chi connectivity index (χ2v) is 6.18. The van der Waals surface area contributed by atoms with Crippen molar-refractivity contribution < 1.29 is 4.74 Å². The molecule has 6 nitrogen and oxygen atoms in total. The Bertz CT molecular complexity index is 497. The Morgan fingerprint density at radius 1 is 1.48 bits per heavy atom. The van der Waals surface area contributed by atoms with E-state index in [4.69, 9.17) is 4.74 Å². The van der Waals surface area contributed by atoms with Gasteiger partial charge in [-0.15, -0.1) is 24.0 Å². The molecule has 0 spiro atoms. The lowest BCUT2D eigenvalue weighted by Gasteiger charge is -2.18. The lowest BCUT2D eigenvalue weighted by Crippen LogP contribution is -2.43. The third-order valence-corrected chi connectivity index (χ3v) is 3.95. The molecule has 1 fully saturated rings. The SMILES string of the molecule is CN=C(NCC(C)Cn1nc(C)cc1C)NCC1CCCO1.I. The van der Waals surface area contributed by atoms with Crippen molar-refractivity contribution >= 4 is 29.9 Å². The maximum Gasteiger partial charge on any atom is 0.191 e. The molecule has 1 aromatic rings. The van der Waals surface area contributed by atoms with E-state index in [1.54, 1.807) is 7.05 Å². The number of hydrogen-bond acceptors (Lipinski definition) is 3. The van der Waals surface area contributed by atoms with Crippen molar-refractivity contribution in [3.8, 4) is 0 Å². The number of nitrogens with zero attached hydrogens (tertiary/aromatic N) is 3. The second-order valence-electron chi connectivity index (χ2n) is 6.18. The third kappa shape index (κ3) is 6.66. The first-order valence-corrected chi connectivity index (χ1v) is 8.15. The zero-order chi connectivity index (χ0) is 15.9. The van der Waals surface area contributed by atoms with Crippen LogP contribution in [-0.4, -0.2) is 48.6 Å². The zero-order valence-electron chi connectivity index (χ0n) is 14.6. The molecular formula is C16H30IN5O. The molecule has 7 heteroatoms. The van der Waals surface area contributed by atoms with Gasteiger partial charge in [0.1, 0.15) is 0 Å². The monoisotopic (exact) mass is 435 g/mol. The molecule has 1 aromatic heterocycles. The summed E-state index contributed by atoms with van der Waals surface area (Å²) in [4.78, 5) is 4.27. The molecule has 132 valence electrons. The fourth-order valence-corrected chi connectivity index (χ4v) is 2.73. The van der Waals surface area contributed by atoms with Crippen molar-refractivity contribution in [2.45, 2.75) is 46.3 Å². The van der Waals surface area contributed by atoms with Gasteiger partial charge < -0.3 is 15.4 Å². The molecule has 1 saturated heterocycles. The molecule has 0 radical (unpaired) electrons. The highest BCUT2D eigenvalue weighted by Crippen LogP contribution is 2.10. The molecule has 0 amide bonds. The summed E-state index contributed by atoms with van der Waals surface area (Å²) in [5.41, 5.74) is 2.29. The summed E-state index contributed by atoms with van der Waals surface area (Å²) in [5.74, 6) is 1.31. The summed E-state index contributed by atoms with van der Waals surface area (Å²) in [7, 11) is 1.80. The highest BCUT2D eigenvalue weighted by molar-refractivity contribution is 14.0. The Morgan fingerprint density at radius 2 is 2.26 bits per heavy atom. The summed E-state index contributed by atoms with van der Waals surface area (Å²) in [6.07, 6.45) is 2.63. The van der Waals surface area contributed by atoms with Crippen molar-refractivity contribution in [3.05, 3.63) is 17.5 Å². The molecule has 2 heterocycles. The Morgan fingerprint density at radius 3 is 2.83 bits per heavy atom. The molecule has 0 aliphatic carbocycles. The van der Waals surface area contributed by atoms with Gasteiger partial charge in [-0.1, -0.05) is 6.92 Å². The van der Waals surface area contributed by atoms with E-state index in [0.717, 1.165) is 50.7 Å². The van der Waals surface area contributed by atoms with Crippen LogP contribution in [0.5, 0.6) is 0 Å². The Kier molecular flexibility index (Phi) is 8.90. The van der Waals surface area contributed by atoms with Gasteiger partial charge in [0.2, 0.25) is 0 Å². The van der Waals surface area contributed by atoms with E-state index in [9.17, 15) is 0 Å². The van der Waals surface area contributed by atoms with E-state index in [1.165, 1.54) is 5.69 Å². The number of aliphatic imine (C=N–C) groups is 1. The van der Waals surface area contributed by atoms with E-state index < -0.39 is 0 Å². The maximum absolute atomic E-state index is 5.61. The van der Waals surface area contributed by atoms with Gasteiger partial charge in [0.05, 0.1) is 11.8 Å². The highest BCUT2D eigenvalue weighted by atomic mass is 127. The van der Waals surface area contributed by atoms with Gasteiger partial charge in [-0.2, -0.15) is 5.10 Å². The molecular weight excluding hydrogens is 405 g/mol. The standard InChI is InChI=1S/C16H29N5O.HI/c1-12(11-21-14(3)8-13(2)20-21)9-18-16(17-4)19-10-15-6-5-7-22-15;/h8,12,15H,5-7,9-11H2,1-4H3,(H2,17,18,19);1H. The van der Waals surface area contributed by atoms with Gasteiger partial charge in [0.25, 0.3) is 0 Å². The number of hydrogen-bond donors (Lipinski definition) is 2. The van der Waals surface area contributed by atoms with E-state index in [-0.39, 0.29) is 24.0 Å². The number of rotatable bonds is 6. The van der Waals surface area contributed by atoms with Crippen LogP contribution in [0, 0.1) is 19.8 Å². The summed E-state index contributed by atoms with van der Waals surface area (Å²) in [6, 6.07) is 2.11. The molecule has 0 bridgehead atoms. The molecule has 0 aromatic carbocycles. The average molecular weight is 435 g/mol. The predicted molar refractivity (Wildman–Crippen MR) is 105 cm³/mol. The van der Waals surface area contributed by atoms with Gasteiger partial charge in [-0.25, -0.2) is 0 Å². The lowest BCUT2D eigenvalue weighted by atomic mass is 10.2. The number of guanidine groups is 1. The molecule has 2 rings (SSSR count). The van der Waals surface area contributed by atoms with Gasteiger partial charge >= 0.3 is 0 Å². The fourth-order valence-electron chi connectivity index (χ4n) is 2.73. The van der Waals surface area contributed by atoms with E-state index in [0.29, 0.717) is 12.0 Å². The van der Waals surface area contributed by atoms with Crippen molar-refractivity contribution in [1.82, 2.24) is 20.4 Å². The Balaban J connectivity index is 0.00000264. The number of halogens is 1. The fraction of sp³-hybridized carbons (Fsp3) is 0.750. The Hall–Kier alpha value is -0.830. The van der Waals surface area contributed by atoms with Gasteiger partial charge in [0, 0.05) is 39.0 Å². The summed E-state index contributed by atoms with van der Waals surface area (Å²) >= 11 is 0. The van der Waals surface area contributed by atoms with Crippen LogP contribution in [0.2, 0.25) is 0 Å². The first kappa shape index (κ1) is 20.2. The molecule has 2 unspecified atom stereocenters. The zero-order valence-corrected chi connectivity index (χ0v) is 17.0. The van der Waals surface area contributed by atoms with Crippen molar-refractivity contribution in [2.24, 2.45) is 10.9 Å². The first-order valence-electron chi connectivity index (χ1n) is 8.15. The second kappa shape index (κ2) is 10.1. The van der Waals surface area contributed by atoms with Crippen LogP contribution in [0.25, 0.3) is 0 Å². The van der Waals surface area contributed by atoms with Crippen molar-refractivity contribution in [3.63, 3.8) is 0 Å². The maximum atomic E-state index is 5.61. The van der Waals surface area contributed by atoms with E-state index >= 15 is 0 Å². The van der Waals surface area contributed by atoms with Crippen molar-refractivity contribution in [1.29, 1.82) is 0 Å². The van der Waals surface area contributed by atoms with Gasteiger partial charge in [-0.05, 0) is 38.7 Å². The van der Waals surface area contributed by atoms with Crippen LogP contribution in [0.15, 0.2) is 11.1 Å². The smallest absolute Gasteiger partial charge is 0.191 e. The highest BCUT2D eigenvalue weighted by Gasteiger charge is 2.15. The van der Waals surface area contributed by atoms with E-state index in [1.807, 2.05) is 6.92 Å². The third-order valence-electron chi connectivity index (χ3n) is 3.95. The summed E-state index contributed by atoms with van der Waals surface area (Å²) < 4.78 is 7.68. The summed E-state index contributed by atoms with van der Waals surface area (Å²) in [5, 5.41) is 11.2. The lowest BCUT2D eigenvalue weighted by molar-refractivity contribution is 0.114. The molecule has 2 N–H and O–H groups in total. The van der Waals surface area contributed by atoms with Crippen LogP contribution < -0.4 is 10.6 Å². The number of nitrogens with one attached hydrogen (secondary N) is 2. The van der Waals surface area contributed by atoms with Gasteiger partial charge in [0.15, 0.2) is 5.96 Å². The summed E-state index contributed by atoms with van der Waals surface area (Å²) in [6.45, 7) is 9.84. The minimum Gasteiger partial charge on any atom is -0.376 e. The minimum absolute atomic E-state index is 0. The van der Waals surface area contributed by atoms with E-state index in [2.05, 4.69) is 45.3 Å². The largest absolute Gasteiger partial charge is 0.376 e. The van der Waals surface area contributed by atoms with Gasteiger partial charge in [-0.3, -0.25) is 9.67 Å². The Labute approximate surface area is 156 Å². The predicted octanol–water partition coefficient (Wildman–Crippen LogP) is 2.10. The minimum atomic E-state index is 0. The van der Waals surface area contributed by atoms with Crippen LogP contribution in [0.3, 0.4) is 0 Å². The topological polar surface area (TPSA) is 63.5 Å². The first-order chi connectivity index (χ1) is 10.6. The average Bonchev–Trinajstić information content (AvgIpc) is 3.09. The molecule has 0 saturated carbocycles. The molecule has 23 heavy (non-hydrogen) atoms. The van der Waals surface area contributed by atoms with Crippen LogP contribution in [0.1, 0.15) is 31.2 Å². The number of aryl methyl sites for hydroxylation is 2. The number of aromatic nitrogens is 2. The van der Waals surface area contributed by atoms with Crippen LogP contribution in [-0.2, 0) is 11.3 Å². The quantitative estimate of drug-likeness (QED) is 0.408. The van der Waals surface area contributed by atoms with Crippen LogP contribution >= 0.6 is 24.0 Å². The van der Waals surface area contributed by atoms with Crippen molar-refractivity contribution in [2.75, 3.05) is 26.7 Å². The molecule has 1 aliphatic heterocycles. The molecule has 1 aliphatic rings. The molecule has 2 atom stereocenters.